The third-order valence-corrected chi connectivity index (χ3v) is 6.68. The van der Waals surface area contributed by atoms with E-state index >= 15 is 0 Å². The van der Waals surface area contributed by atoms with E-state index in [2.05, 4.69) is 4.72 Å². The van der Waals surface area contributed by atoms with Crippen molar-refractivity contribution in [3.05, 3.63) is 108 Å². The summed E-state index contributed by atoms with van der Waals surface area (Å²) >= 11 is 0. The summed E-state index contributed by atoms with van der Waals surface area (Å²) in [5.41, 5.74) is 1.82. The number of anilines is 1. The van der Waals surface area contributed by atoms with E-state index in [0.29, 0.717) is 27.6 Å². The predicted molar refractivity (Wildman–Crippen MR) is 138 cm³/mol. The predicted octanol–water partition coefficient (Wildman–Crippen LogP) is 6.48. The summed E-state index contributed by atoms with van der Waals surface area (Å²) in [6.45, 7) is 0. The van der Waals surface area contributed by atoms with Crippen LogP contribution in [0.1, 0.15) is 5.56 Å². The summed E-state index contributed by atoms with van der Waals surface area (Å²) < 4.78 is 28.5. The summed E-state index contributed by atoms with van der Waals surface area (Å²) in [5.74, 6) is -0.0490. The molecule has 5 rings (SSSR count). The third kappa shape index (κ3) is 4.07. The van der Waals surface area contributed by atoms with Crippen LogP contribution in [0.15, 0.2) is 102 Å². The second-order valence-corrected chi connectivity index (χ2v) is 9.47. The van der Waals surface area contributed by atoms with Crippen molar-refractivity contribution in [3.63, 3.8) is 0 Å². The van der Waals surface area contributed by atoms with Crippen molar-refractivity contribution >= 4 is 43.3 Å². The molecule has 0 saturated carbocycles. The van der Waals surface area contributed by atoms with Crippen LogP contribution in [0.25, 0.3) is 38.7 Å². The summed E-state index contributed by atoms with van der Waals surface area (Å²) in [4.78, 5) is 0. The second-order valence-electron chi connectivity index (χ2n) is 7.91. The molecule has 5 aromatic rings. The molecule has 0 aliphatic rings. The summed E-state index contributed by atoms with van der Waals surface area (Å²) in [6, 6.07) is 28.6. The number of nitrogens with one attached hydrogen (secondary N) is 1. The van der Waals surface area contributed by atoms with Gasteiger partial charge in [0.1, 0.15) is 11.5 Å². The molecule has 3 N–H and O–H groups in total. The van der Waals surface area contributed by atoms with Crippen LogP contribution < -0.4 is 4.72 Å². The van der Waals surface area contributed by atoms with E-state index in [-0.39, 0.29) is 11.5 Å². The average Bonchev–Trinajstić information content (AvgIpc) is 2.85. The van der Waals surface area contributed by atoms with Gasteiger partial charge in [0.25, 0.3) is 10.0 Å². The number of sulfonamides is 1. The minimum absolute atomic E-state index is 0.0120. The molecule has 0 aliphatic heterocycles. The van der Waals surface area contributed by atoms with Gasteiger partial charge in [-0.3, -0.25) is 4.72 Å². The lowest BCUT2D eigenvalue weighted by molar-refractivity contribution is 0.472. The molecule has 168 valence electrons. The SMILES string of the molecule is O=S(=O)(/C=C/c1ccccc1)Nc1cc(-c2c(O)ccc3ccccc23)c(O)c2ccccc12. The molecule has 0 fully saturated rings. The highest BCUT2D eigenvalue weighted by atomic mass is 32.2. The van der Waals surface area contributed by atoms with Crippen LogP contribution in [-0.2, 0) is 10.0 Å². The van der Waals surface area contributed by atoms with Crippen LogP contribution in [0.3, 0.4) is 0 Å². The van der Waals surface area contributed by atoms with Gasteiger partial charge in [0.2, 0.25) is 0 Å². The van der Waals surface area contributed by atoms with Gasteiger partial charge in [0.05, 0.1) is 11.1 Å². The lowest BCUT2D eigenvalue weighted by atomic mass is 9.93. The van der Waals surface area contributed by atoms with E-state index in [0.717, 1.165) is 21.7 Å². The van der Waals surface area contributed by atoms with Crippen LogP contribution in [0.4, 0.5) is 5.69 Å². The fraction of sp³-hybridized carbons (Fsp3) is 0. The lowest BCUT2D eigenvalue weighted by Crippen LogP contribution is -2.09. The van der Waals surface area contributed by atoms with E-state index in [1.165, 1.54) is 6.08 Å². The molecule has 0 radical (unpaired) electrons. The van der Waals surface area contributed by atoms with Gasteiger partial charge in [-0.25, -0.2) is 8.42 Å². The summed E-state index contributed by atoms with van der Waals surface area (Å²) in [6.07, 6.45) is 1.52. The fourth-order valence-corrected chi connectivity index (χ4v) is 4.98. The topological polar surface area (TPSA) is 86.6 Å². The first-order valence-corrected chi connectivity index (χ1v) is 12.2. The molecule has 0 bridgehead atoms. The third-order valence-electron chi connectivity index (χ3n) is 5.68. The Bertz CT molecular complexity index is 1660. The Morgan fingerprint density at radius 2 is 1.35 bits per heavy atom. The summed E-state index contributed by atoms with van der Waals surface area (Å²) in [7, 11) is -3.86. The van der Waals surface area contributed by atoms with E-state index in [1.54, 1.807) is 42.5 Å². The molecule has 0 aromatic heterocycles. The van der Waals surface area contributed by atoms with Crippen LogP contribution in [-0.4, -0.2) is 18.6 Å². The van der Waals surface area contributed by atoms with Gasteiger partial charge in [-0.15, -0.1) is 0 Å². The molecule has 0 spiro atoms. The molecule has 6 heteroatoms. The molecule has 0 heterocycles. The maximum absolute atomic E-state index is 12.9. The maximum atomic E-state index is 12.9. The zero-order valence-electron chi connectivity index (χ0n) is 18.0. The molecule has 0 amide bonds. The van der Waals surface area contributed by atoms with Crippen LogP contribution in [0.2, 0.25) is 0 Å². The smallest absolute Gasteiger partial charge is 0.255 e. The van der Waals surface area contributed by atoms with Crippen molar-refractivity contribution in [3.8, 4) is 22.6 Å². The number of phenolic OH excluding ortho intramolecular Hbond substituents is 2. The fourth-order valence-electron chi connectivity index (χ4n) is 4.10. The monoisotopic (exact) mass is 467 g/mol. The van der Waals surface area contributed by atoms with E-state index in [9.17, 15) is 18.6 Å². The van der Waals surface area contributed by atoms with E-state index in [4.69, 9.17) is 0 Å². The number of hydrogen-bond acceptors (Lipinski definition) is 4. The maximum Gasteiger partial charge on any atom is 0.255 e. The zero-order valence-corrected chi connectivity index (χ0v) is 18.8. The first-order chi connectivity index (χ1) is 16.4. The van der Waals surface area contributed by atoms with E-state index < -0.39 is 10.0 Å². The minimum Gasteiger partial charge on any atom is -0.507 e. The molecular weight excluding hydrogens is 446 g/mol. The van der Waals surface area contributed by atoms with Gasteiger partial charge < -0.3 is 10.2 Å². The molecule has 0 atom stereocenters. The van der Waals surface area contributed by atoms with Crippen molar-refractivity contribution in [1.29, 1.82) is 0 Å². The Labute approximate surface area is 197 Å². The minimum atomic E-state index is -3.86. The van der Waals surface area contributed by atoms with Gasteiger partial charge >= 0.3 is 0 Å². The quantitative estimate of drug-likeness (QED) is 0.258. The van der Waals surface area contributed by atoms with Crippen LogP contribution in [0, 0.1) is 0 Å². The highest BCUT2D eigenvalue weighted by Gasteiger charge is 2.19. The first-order valence-electron chi connectivity index (χ1n) is 10.6. The van der Waals surface area contributed by atoms with E-state index in [1.807, 2.05) is 54.6 Å². The van der Waals surface area contributed by atoms with Crippen LogP contribution >= 0.6 is 0 Å². The Kier molecular flexibility index (Phi) is 5.43. The van der Waals surface area contributed by atoms with Crippen molar-refractivity contribution in [2.75, 3.05) is 4.72 Å². The average molecular weight is 468 g/mol. The molecule has 0 unspecified atom stereocenters. The standard InChI is InChI=1S/C28H21NO4S/c30-26-15-14-20-10-4-5-11-21(20)27(26)24-18-25(22-12-6-7-13-23(22)28(24)31)29-34(32,33)17-16-19-8-2-1-3-9-19/h1-18,29-31H/b17-16+. The number of phenols is 2. The Balaban J connectivity index is 1.68. The molecule has 0 saturated heterocycles. The van der Waals surface area contributed by atoms with Gasteiger partial charge in [0.15, 0.2) is 0 Å². The molecule has 34 heavy (non-hydrogen) atoms. The van der Waals surface area contributed by atoms with Crippen molar-refractivity contribution in [2.45, 2.75) is 0 Å². The highest BCUT2D eigenvalue weighted by Crippen LogP contribution is 2.46. The van der Waals surface area contributed by atoms with Crippen LogP contribution in [0.5, 0.6) is 11.5 Å². The zero-order chi connectivity index (χ0) is 23.7. The molecule has 0 aliphatic carbocycles. The number of benzene rings is 5. The number of hydrogen-bond donors (Lipinski definition) is 3. The number of fused-ring (bicyclic) bond motifs is 2. The van der Waals surface area contributed by atoms with Gasteiger partial charge in [-0.1, -0.05) is 84.9 Å². The van der Waals surface area contributed by atoms with Gasteiger partial charge in [-0.2, -0.15) is 0 Å². The van der Waals surface area contributed by atoms with Crippen molar-refractivity contribution in [2.24, 2.45) is 0 Å². The Morgan fingerprint density at radius 3 is 2.12 bits per heavy atom. The molecule has 5 nitrogen and oxygen atoms in total. The first kappa shape index (κ1) is 21.6. The lowest BCUT2D eigenvalue weighted by Gasteiger charge is -2.16. The Hall–Kier alpha value is -4.29. The normalized spacial score (nSPS) is 11.9. The molecular formula is C28H21NO4S. The summed E-state index contributed by atoms with van der Waals surface area (Å²) in [5, 5.41) is 25.6. The Morgan fingerprint density at radius 1 is 0.706 bits per heavy atom. The largest absolute Gasteiger partial charge is 0.507 e. The highest BCUT2D eigenvalue weighted by molar-refractivity contribution is 7.95. The van der Waals surface area contributed by atoms with Crippen molar-refractivity contribution < 1.29 is 18.6 Å². The molecule has 5 aromatic carbocycles. The number of rotatable bonds is 5. The second kappa shape index (κ2) is 8.57. The van der Waals surface area contributed by atoms with Gasteiger partial charge in [0, 0.05) is 21.9 Å². The van der Waals surface area contributed by atoms with Crippen molar-refractivity contribution in [1.82, 2.24) is 0 Å². The number of aromatic hydroxyl groups is 2. The van der Waals surface area contributed by atoms with Gasteiger partial charge in [-0.05, 0) is 34.5 Å².